The number of hydrogen-bond donors (Lipinski definition) is 1. The van der Waals surface area contributed by atoms with Crippen LogP contribution in [0.1, 0.15) is 26.7 Å². The summed E-state index contributed by atoms with van der Waals surface area (Å²) < 4.78 is 5.35. The van der Waals surface area contributed by atoms with Crippen LogP contribution < -0.4 is 0 Å². The number of hydrogen-bond acceptors (Lipinski definition) is 2. The maximum Gasteiger partial charge on any atom is 0.0810 e. The van der Waals surface area contributed by atoms with E-state index in [0.717, 1.165) is 12.8 Å². The minimum atomic E-state index is -0.311. The van der Waals surface area contributed by atoms with E-state index in [4.69, 9.17) is 4.74 Å². The van der Waals surface area contributed by atoms with Crippen molar-refractivity contribution in [1.29, 1.82) is 0 Å². The van der Waals surface area contributed by atoms with Crippen molar-refractivity contribution in [2.45, 2.75) is 38.9 Å². The lowest BCUT2D eigenvalue weighted by Gasteiger charge is -2.19. The summed E-state index contributed by atoms with van der Waals surface area (Å²) in [7, 11) is 0. The molecule has 1 aliphatic heterocycles. The van der Waals surface area contributed by atoms with Crippen molar-refractivity contribution in [3.63, 3.8) is 0 Å². The summed E-state index contributed by atoms with van der Waals surface area (Å²) >= 11 is 0. The lowest BCUT2D eigenvalue weighted by molar-refractivity contribution is -0.00313. The molecule has 2 atom stereocenters. The third-order valence-corrected chi connectivity index (χ3v) is 1.93. The van der Waals surface area contributed by atoms with Gasteiger partial charge < -0.3 is 9.84 Å². The fourth-order valence-corrected chi connectivity index (χ4v) is 1.22. The standard InChI is InChI=1S/C9H16O2/c1-7-3-4-8(2)11-6-9(10)5-7/h3,8-10H,4-6H2,1-2H3. The summed E-state index contributed by atoms with van der Waals surface area (Å²) in [6.07, 6.45) is 3.81. The quantitative estimate of drug-likeness (QED) is 0.538. The van der Waals surface area contributed by atoms with Gasteiger partial charge in [0.25, 0.3) is 0 Å². The Morgan fingerprint density at radius 2 is 2.36 bits per heavy atom. The topological polar surface area (TPSA) is 29.5 Å². The van der Waals surface area contributed by atoms with Crippen LogP contribution in [0.2, 0.25) is 0 Å². The molecule has 1 aliphatic rings. The molecule has 1 N–H and O–H groups in total. The lowest BCUT2D eigenvalue weighted by Crippen LogP contribution is -2.21. The monoisotopic (exact) mass is 156 g/mol. The van der Waals surface area contributed by atoms with Crippen molar-refractivity contribution in [2.24, 2.45) is 0 Å². The van der Waals surface area contributed by atoms with E-state index in [2.05, 4.69) is 13.0 Å². The maximum atomic E-state index is 9.34. The van der Waals surface area contributed by atoms with Crippen molar-refractivity contribution < 1.29 is 9.84 Å². The molecule has 1 rings (SSSR count). The molecular formula is C9H16O2. The Labute approximate surface area is 67.9 Å². The van der Waals surface area contributed by atoms with Gasteiger partial charge in [0.15, 0.2) is 0 Å². The van der Waals surface area contributed by atoms with Crippen molar-refractivity contribution in [1.82, 2.24) is 0 Å². The Morgan fingerprint density at radius 1 is 1.64 bits per heavy atom. The van der Waals surface area contributed by atoms with Gasteiger partial charge >= 0.3 is 0 Å². The fraction of sp³-hybridized carbons (Fsp3) is 0.778. The van der Waals surface area contributed by atoms with Gasteiger partial charge in [0.1, 0.15) is 0 Å². The second kappa shape index (κ2) is 3.88. The van der Waals surface area contributed by atoms with E-state index in [9.17, 15) is 5.11 Å². The average Bonchev–Trinajstić information content (AvgIpc) is 1.95. The van der Waals surface area contributed by atoms with Gasteiger partial charge in [0.05, 0.1) is 18.8 Å². The minimum Gasteiger partial charge on any atom is -0.390 e. The van der Waals surface area contributed by atoms with Crippen LogP contribution in [-0.4, -0.2) is 23.9 Å². The first kappa shape index (κ1) is 8.75. The van der Waals surface area contributed by atoms with Gasteiger partial charge in [-0.2, -0.15) is 0 Å². The van der Waals surface area contributed by atoms with E-state index >= 15 is 0 Å². The number of rotatable bonds is 0. The van der Waals surface area contributed by atoms with Crippen LogP contribution in [0.15, 0.2) is 11.6 Å². The highest BCUT2D eigenvalue weighted by molar-refractivity contribution is 5.01. The predicted octanol–water partition coefficient (Wildman–Crippen LogP) is 1.49. The molecule has 1 heterocycles. The molecule has 0 fully saturated rings. The number of aliphatic hydroxyl groups excluding tert-OH is 1. The highest BCUT2D eigenvalue weighted by Gasteiger charge is 2.11. The number of aliphatic hydroxyl groups is 1. The molecule has 2 heteroatoms. The Kier molecular flexibility index (Phi) is 3.09. The Bertz CT molecular complexity index is 152. The summed E-state index contributed by atoms with van der Waals surface area (Å²) in [4.78, 5) is 0. The van der Waals surface area contributed by atoms with E-state index in [-0.39, 0.29) is 12.2 Å². The molecule has 64 valence electrons. The fourth-order valence-electron chi connectivity index (χ4n) is 1.22. The highest BCUT2D eigenvalue weighted by Crippen LogP contribution is 2.12. The normalized spacial score (nSPS) is 33.9. The lowest BCUT2D eigenvalue weighted by atomic mass is 10.1. The molecule has 0 amide bonds. The van der Waals surface area contributed by atoms with Crippen LogP contribution >= 0.6 is 0 Å². The number of ether oxygens (including phenoxy) is 1. The Hall–Kier alpha value is -0.340. The van der Waals surface area contributed by atoms with Gasteiger partial charge in [0, 0.05) is 0 Å². The largest absolute Gasteiger partial charge is 0.390 e. The summed E-state index contributed by atoms with van der Waals surface area (Å²) in [5, 5.41) is 9.34. The van der Waals surface area contributed by atoms with Gasteiger partial charge in [0.2, 0.25) is 0 Å². The van der Waals surface area contributed by atoms with Crippen LogP contribution in [0.3, 0.4) is 0 Å². The van der Waals surface area contributed by atoms with E-state index in [1.807, 2.05) is 6.92 Å². The molecule has 2 nitrogen and oxygen atoms in total. The van der Waals surface area contributed by atoms with E-state index in [1.165, 1.54) is 5.57 Å². The Balaban J connectivity index is 2.51. The molecule has 0 aromatic carbocycles. The Morgan fingerprint density at radius 3 is 3.09 bits per heavy atom. The molecule has 0 aromatic heterocycles. The first-order valence-corrected chi connectivity index (χ1v) is 4.14. The van der Waals surface area contributed by atoms with Gasteiger partial charge in [-0.15, -0.1) is 0 Å². The van der Waals surface area contributed by atoms with Crippen LogP contribution in [0, 0.1) is 0 Å². The zero-order chi connectivity index (χ0) is 8.27. The molecule has 0 bridgehead atoms. The van der Waals surface area contributed by atoms with E-state index in [1.54, 1.807) is 0 Å². The van der Waals surface area contributed by atoms with Gasteiger partial charge in [-0.1, -0.05) is 11.6 Å². The first-order valence-electron chi connectivity index (χ1n) is 4.14. The van der Waals surface area contributed by atoms with E-state index < -0.39 is 0 Å². The SMILES string of the molecule is CC1=CCC(C)OCC(O)C1. The molecule has 0 spiro atoms. The van der Waals surface area contributed by atoms with Gasteiger partial charge in [-0.25, -0.2) is 0 Å². The summed E-state index contributed by atoms with van der Waals surface area (Å²) in [5.74, 6) is 0. The minimum absolute atomic E-state index is 0.250. The molecule has 0 radical (unpaired) electrons. The van der Waals surface area contributed by atoms with Gasteiger partial charge in [-0.05, 0) is 26.7 Å². The summed E-state index contributed by atoms with van der Waals surface area (Å²) in [6.45, 7) is 4.56. The first-order chi connectivity index (χ1) is 5.18. The van der Waals surface area contributed by atoms with Crippen molar-refractivity contribution >= 4 is 0 Å². The molecule has 0 aromatic rings. The second-order valence-corrected chi connectivity index (χ2v) is 3.29. The highest BCUT2D eigenvalue weighted by atomic mass is 16.5. The van der Waals surface area contributed by atoms with Crippen molar-refractivity contribution in [3.05, 3.63) is 11.6 Å². The van der Waals surface area contributed by atoms with Crippen LogP contribution in [0.4, 0.5) is 0 Å². The third-order valence-electron chi connectivity index (χ3n) is 1.93. The molecule has 0 aliphatic carbocycles. The maximum absolute atomic E-state index is 9.34. The van der Waals surface area contributed by atoms with Gasteiger partial charge in [-0.3, -0.25) is 0 Å². The molecule has 0 saturated carbocycles. The molecule has 2 unspecified atom stereocenters. The van der Waals surface area contributed by atoms with Crippen molar-refractivity contribution in [3.8, 4) is 0 Å². The van der Waals surface area contributed by atoms with Crippen LogP contribution in [-0.2, 0) is 4.74 Å². The molecule has 11 heavy (non-hydrogen) atoms. The average molecular weight is 156 g/mol. The predicted molar refractivity (Wildman–Crippen MR) is 44.4 cm³/mol. The van der Waals surface area contributed by atoms with Crippen LogP contribution in [0.5, 0.6) is 0 Å². The molecular weight excluding hydrogens is 140 g/mol. The third kappa shape index (κ3) is 3.04. The smallest absolute Gasteiger partial charge is 0.0810 e. The summed E-state index contributed by atoms with van der Waals surface area (Å²) in [5.41, 5.74) is 1.27. The zero-order valence-electron chi connectivity index (χ0n) is 7.21. The van der Waals surface area contributed by atoms with Crippen molar-refractivity contribution in [2.75, 3.05) is 6.61 Å². The second-order valence-electron chi connectivity index (χ2n) is 3.29. The molecule has 0 saturated heterocycles. The van der Waals surface area contributed by atoms with Crippen LogP contribution in [0.25, 0.3) is 0 Å². The zero-order valence-corrected chi connectivity index (χ0v) is 7.21. The van der Waals surface area contributed by atoms with E-state index in [0.29, 0.717) is 6.61 Å². The summed E-state index contributed by atoms with van der Waals surface area (Å²) in [6, 6.07) is 0.